The van der Waals surface area contributed by atoms with Crippen molar-refractivity contribution in [3.63, 3.8) is 0 Å². The first-order valence-electron chi connectivity index (χ1n) is 4.63. The van der Waals surface area contributed by atoms with Crippen molar-refractivity contribution >= 4 is 22.5 Å². The van der Waals surface area contributed by atoms with Crippen LogP contribution in [0.15, 0.2) is 24.3 Å². The van der Waals surface area contributed by atoms with Crippen LogP contribution in [0, 0.1) is 5.82 Å². The minimum absolute atomic E-state index is 0.205. The topological polar surface area (TPSA) is 15.8 Å². The number of fused-ring (bicyclic) bond motifs is 1. The number of aryl methyl sites for hydroxylation is 1. The second-order valence-corrected chi connectivity index (χ2v) is 3.70. The number of alkyl halides is 1. The monoisotopic (exact) mass is 211 g/mol. The van der Waals surface area contributed by atoms with Crippen molar-refractivity contribution in [3.05, 3.63) is 35.8 Å². The van der Waals surface area contributed by atoms with E-state index >= 15 is 0 Å². The maximum atomic E-state index is 12.9. The summed E-state index contributed by atoms with van der Waals surface area (Å²) in [6, 6.07) is 6.81. The fraction of sp³-hybridized carbons (Fsp3) is 0.273. The largest absolute Gasteiger partial charge is 0.358 e. The van der Waals surface area contributed by atoms with Crippen molar-refractivity contribution in [2.45, 2.75) is 12.8 Å². The molecule has 1 aromatic heterocycles. The summed E-state index contributed by atoms with van der Waals surface area (Å²) in [4.78, 5) is 3.17. The Morgan fingerprint density at radius 1 is 1.29 bits per heavy atom. The molecule has 0 saturated carbocycles. The summed E-state index contributed by atoms with van der Waals surface area (Å²) in [6.07, 6.45) is 1.86. The molecule has 0 atom stereocenters. The second-order valence-electron chi connectivity index (χ2n) is 3.32. The van der Waals surface area contributed by atoms with Crippen molar-refractivity contribution in [1.82, 2.24) is 4.98 Å². The lowest BCUT2D eigenvalue weighted by molar-refractivity contribution is 0.629. The summed E-state index contributed by atoms with van der Waals surface area (Å²) in [6.45, 7) is 0. The maximum absolute atomic E-state index is 12.9. The van der Waals surface area contributed by atoms with Gasteiger partial charge in [0, 0.05) is 17.1 Å². The van der Waals surface area contributed by atoms with E-state index in [0.29, 0.717) is 5.88 Å². The van der Waals surface area contributed by atoms with Crippen molar-refractivity contribution < 1.29 is 4.39 Å². The molecule has 0 aliphatic rings. The molecule has 1 heterocycles. The van der Waals surface area contributed by atoms with Gasteiger partial charge in [0.25, 0.3) is 0 Å². The average molecular weight is 212 g/mol. The van der Waals surface area contributed by atoms with Crippen LogP contribution in [0.4, 0.5) is 4.39 Å². The molecule has 0 unspecified atom stereocenters. The first-order valence-corrected chi connectivity index (χ1v) is 5.16. The smallest absolute Gasteiger partial charge is 0.125 e. The molecule has 14 heavy (non-hydrogen) atoms. The molecule has 0 saturated heterocycles. The van der Waals surface area contributed by atoms with Crippen molar-refractivity contribution in [2.75, 3.05) is 5.88 Å². The molecule has 0 amide bonds. The zero-order valence-electron chi connectivity index (χ0n) is 7.69. The van der Waals surface area contributed by atoms with Crippen LogP contribution in [0.3, 0.4) is 0 Å². The highest BCUT2D eigenvalue weighted by Gasteiger charge is 2.01. The normalized spacial score (nSPS) is 11.0. The molecule has 2 rings (SSSR count). The predicted octanol–water partition coefficient (Wildman–Crippen LogP) is 3.48. The lowest BCUT2D eigenvalue weighted by Gasteiger charge is -1.91. The third kappa shape index (κ3) is 1.90. The number of aromatic nitrogens is 1. The Morgan fingerprint density at radius 2 is 2.14 bits per heavy atom. The van der Waals surface area contributed by atoms with E-state index in [-0.39, 0.29) is 5.82 Å². The number of rotatable bonds is 3. The van der Waals surface area contributed by atoms with Gasteiger partial charge in [-0.1, -0.05) is 0 Å². The fourth-order valence-electron chi connectivity index (χ4n) is 1.55. The van der Waals surface area contributed by atoms with Crippen LogP contribution in [-0.2, 0) is 6.42 Å². The zero-order chi connectivity index (χ0) is 9.97. The number of benzene rings is 1. The van der Waals surface area contributed by atoms with Gasteiger partial charge in [-0.2, -0.15) is 0 Å². The molecular weight excluding hydrogens is 201 g/mol. The Balaban J connectivity index is 2.32. The molecule has 0 radical (unpaired) electrons. The van der Waals surface area contributed by atoms with Gasteiger partial charge in [-0.25, -0.2) is 4.39 Å². The van der Waals surface area contributed by atoms with Gasteiger partial charge in [-0.3, -0.25) is 0 Å². The standard InChI is InChI=1S/C11H11ClFN/c12-5-1-2-10-6-8-3-4-9(13)7-11(8)14-10/h3-4,6-7,14H,1-2,5H2. The van der Waals surface area contributed by atoms with E-state index in [4.69, 9.17) is 11.6 Å². The highest BCUT2D eigenvalue weighted by Crippen LogP contribution is 2.17. The minimum Gasteiger partial charge on any atom is -0.358 e. The van der Waals surface area contributed by atoms with Crippen LogP contribution in [0.25, 0.3) is 10.9 Å². The van der Waals surface area contributed by atoms with E-state index in [1.807, 2.05) is 6.07 Å². The number of hydrogen-bond donors (Lipinski definition) is 1. The van der Waals surface area contributed by atoms with E-state index in [1.54, 1.807) is 6.07 Å². The van der Waals surface area contributed by atoms with Crippen molar-refractivity contribution in [3.8, 4) is 0 Å². The molecule has 1 N–H and O–H groups in total. The summed E-state index contributed by atoms with van der Waals surface area (Å²) < 4.78 is 12.9. The van der Waals surface area contributed by atoms with Gasteiger partial charge in [0.05, 0.1) is 0 Å². The van der Waals surface area contributed by atoms with Gasteiger partial charge < -0.3 is 4.98 Å². The highest BCUT2D eigenvalue weighted by molar-refractivity contribution is 6.17. The van der Waals surface area contributed by atoms with Crippen LogP contribution in [0.2, 0.25) is 0 Å². The maximum Gasteiger partial charge on any atom is 0.125 e. The Morgan fingerprint density at radius 3 is 2.93 bits per heavy atom. The van der Waals surface area contributed by atoms with Crippen LogP contribution < -0.4 is 0 Å². The quantitative estimate of drug-likeness (QED) is 0.749. The molecule has 1 aromatic carbocycles. The molecule has 3 heteroatoms. The highest BCUT2D eigenvalue weighted by atomic mass is 35.5. The van der Waals surface area contributed by atoms with Crippen LogP contribution >= 0.6 is 11.6 Å². The second kappa shape index (κ2) is 4.01. The molecule has 0 spiro atoms. The van der Waals surface area contributed by atoms with Gasteiger partial charge >= 0.3 is 0 Å². The molecule has 2 aromatic rings. The number of hydrogen-bond acceptors (Lipinski definition) is 0. The molecule has 0 aliphatic carbocycles. The lowest BCUT2D eigenvalue weighted by atomic mass is 10.2. The number of halogens is 2. The van der Waals surface area contributed by atoms with Gasteiger partial charge in [0.2, 0.25) is 0 Å². The van der Waals surface area contributed by atoms with Gasteiger partial charge in [0.15, 0.2) is 0 Å². The molecule has 0 bridgehead atoms. The SMILES string of the molecule is Fc1ccc2cc(CCCCl)[nH]c2c1. The van der Waals surface area contributed by atoms with Crippen molar-refractivity contribution in [2.24, 2.45) is 0 Å². The van der Waals surface area contributed by atoms with E-state index in [9.17, 15) is 4.39 Å². The average Bonchev–Trinajstić information content (AvgIpc) is 2.56. The lowest BCUT2D eigenvalue weighted by Crippen LogP contribution is -1.84. The predicted molar refractivity (Wildman–Crippen MR) is 57.3 cm³/mol. The van der Waals surface area contributed by atoms with Gasteiger partial charge in [-0.05, 0) is 42.5 Å². The first kappa shape index (κ1) is 9.53. The van der Waals surface area contributed by atoms with E-state index < -0.39 is 0 Å². The van der Waals surface area contributed by atoms with E-state index in [2.05, 4.69) is 4.98 Å². The van der Waals surface area contributed by atoms with Crippen LogP contribution in [-0.4, -0.2) is 10.9 Å². The summed E-state index contributed by atoms with van der Waals surface area (Å²) in [5, 5.41) is 1.05. The number of H-pyrrole nitrogens is 1. The summed E-state index contributed by atoms with van der Waals surface area (Å²) >= 11 is 5.60. The van der Waals surface area contributed by atoms with Gasteiger partial charge in [0.1, 0.15) is 5.82 Å². The fourth-order valence-corrected chi connectivity index (χ4v) is 1.68. The van der Waals surface area contributed by atoms with E-state index in [1.165, 1.54) is 12.1 Å². The molecular formula is C11H11ClFN. The Labute approximate surface area is 86.9 Å². The summed E-state index contributed by atoms with van der Waals surface area (Å²) in [5.74, 6) is 0.451. The Hall–Kier alpha value is -1.02. The Kier molecular flexibility index (Phi) is 2.73. The molecule has 1 nitrogen and oxygen atoms in total. The third-order valence-corrected chi connectivity index (χ3v) is 2.49. The molecule has 0 fully saturated rings. The number of aromatic amines is 1. The van der Waals surface area contributed by atoms with Crippen LogP contribution in [0.1, 0.15) is 12.1 Å². The number of nitrogens with one attached hydrogen (secondary N) is 1. The van der Waals surface area contributed by atoms with Gasteiger partial charge in [-0.15, -0.1) is 11.6 Å². The first-order chi connectivity index (χ1) is 6.79. The third-order valence-electron chi connectivity index (χ3n) is 2.22. The Bertz CT molecular complexity index is 436. The summed E-state index contributed by atoms with van der Waals surface area (Å²) in [7, 11) is 0. The minimum atomic E-state index is -0.205. The summed E-state index contributed by atoms with van der Waals surface area (Å²) in [5.41, 5.74) is 1.97. The van der Waals surface area contributed by atoms with Crippen LogP contribution in [0.5, 0.6) is 0 Å². The molecule has 0 aliphatic heterocycles. The van der Waals surface area contributed by atoms with Crippen molar-refractivity contribution in [1.29, 1.82) is 0 Å². The molecule has 74 valence electrons. The zero-order valence-corrected chi connectivity index (χ0v) is 8.44. The van der Waals surface area contributed by atoms with E-state index in [0.717, 1.165) is 29.4 Å².